The van der Waals surface area contributed by atoms with E-state index in [4.69, 9.17) is 9.72 Å². The SMILES string of the molecule is COc1ccc(C)c2nc(CCCN(C)CC[C@]3(O)C[C@H]4CC[C@@H]3C=C4c3ccccc3)[nH]c12. The number of hydrogen-bond acceptors (Lipinski definition) is 4. The topological polar surface area (TPSA) is 61.4 Å². The van der Waals surface area contributed by atoms with Gasteiger partial charge >= 0.3 is 0 Å². The number of benzene rings is 2. The first-order chi connectivity index (χ1) is 16.5. The Kier molecular flexibility index (Phi) is 6.50. The number of aliphatic hydroxyl groups is 1. The molecule has 2 bridgehead atoms. The Bertz CT molecular complexity index is 1170. The fraction of sp³-hybridized carbons (Fsp3) is 0.483. The summed E-state index contributed by atoms with van der Waals surface area (Å²) in [7, 11) is 3.87. The van der Waals surface area contributed by atoms with E-state index in [1.807, 2.05) is 6.07 Å². The fourth-order valence-electron chi connectivity index (χ4n) is 5.99. The summed E-state index contributed by atoms with van der Waals surface area (Å²) in [6.45, 7) is 3.99. The van der Waals surface area contributed by atoms with Crippen molar-refractivity contribution in [3.63, 3.8) is 0 Å². The molecule has 2 N–H and O–H groups in total. The van der Waals surface area contributed by atoms with Crippen LogP contribution in [-0.2, 0) is 6.42 Å². The summed E-state index contributed by atoms with van der Waals surface area (Å²) in [6.07, 6.45) is 8.35. The molecule has 1 saturated carbocycles. The van der Waals surface area contributed by atoms with Gasteiger partial charge in [-0.2, -0.15) is 0 Å². The van der Waals surface area contributed by atoms with Crippen LogP contribution in [-0.4, -0.2) is 52.8 Å². The Hall–Kier alpha value is -2.63. The molecule has 3 aliphatic rings. The van der Waals surface area contributed by atoms with Crippen molar-refractivity contribution in [2.24, 2.45) is 11.8 Å². The minimum absolute atomic E-state index is 0.273. The molecule has 34 heavy (non-hydrogen) atoms. The molecule has 180 valence electrons. The first-order valence-corrected chi connectivity index (χ1v) is 12.7. The van der Waals surface area contributed by atoms with E-state index in [1.165, 1.54) is 17.6 Å². The number of rotatable bonds is 9. The highest BCUT2D eigenvalue weighted by Gasteiger charge is 2.46. The van der Waals surface area contributed by atoms with Crippen LogP contribution in [0.3, 0.4) is 0 Å². The molecule has 0 radical (unpaired) electrons. The number of H-pyrrole nitrogens is 1. The molecule has 5 heteroatoms. The summed E-state index contributed by atoms with van der Waals surface area (Å²) < 4.78 is 5.48. The predicted molar refractivity (Wildman–Crippen MR) is 138 cm³/mol. The van der Waals surface area contributed by atoms with Gasteiger partial charge < -0.3 is 19.7 Å². The van der Waals surface area contributed by atoms with E-state index in [-0.39, 0.29) is 5.92 Å². The van der Waals surface area contributed by atoms with Crippen molar-refractivity contribution in [2.45, 2.75) is 51.0 Å². The van der Waals surface area contributed by atoms with Crippen LogP contribution in [0.25, 0.3) is 16.6 Å². The Morgan fingerprint density at radius 1 is 1.15 bits per heavy atom. The lowest BCUT2D eigenvalue weighted by Gasteiger charge is -2.48. The molecule has 0 amide bonds. The fourth-order valence-corrected chi connectivity index (χ4v) is 5.99. The maximum absolute atomic E-state index is 11.5. The van der Waals surface area contributed by atoms with Crippen molar-refractivity contribution in [3.8, 4) is 5.75 Å². The van der Waals surface area contributed by atoms with Gasteiger partial charge in [0, 0.05) is 18.9 Å². The summed E-state index contributed by atoms with van der Waals surface area (Å²) in [4.78, 5) is 10.6. The zero-order valence-corrected chi connectivity index (χ0v) is 20.7. The molecular formula is C29H37N3O2. The van der Waals surface area contributed by atoms with Gasteiger partial charge in [0.2, 0.25) is 0 Å². The number of nitrogens with zero attached hydrogens (tertiary/aromatic N) is 2. The van der Waals surface area contributed by atoms with E-state index in [0.29, 0.717) is 5.92 Å². The molecule has 1 aromatic heterocycles. The Labute approximate surface area is 202 Å². The molecule has 6 rings (SSSR count). The largest absolute Gasteiger partial charge is 0.494 e. The monoisotopic (exact) mass is 459 g/mol. The quantitative estimate of drug-likeness (QED) is 0.451. The lowest BCUT2D eigenvalue weighted by atomic mass is 9.61. The average Bonchev–Trinajstić information content (AvgIpc) is 3.29. The minimum atomic E-state index is -0.567. The van der Waals surface area contributed by atoms with Crippen LogP contribution in [0.2, 0.25) is 0 Å². The summed E-state index contributed by atoms with van der Waals surface area (Å²) in [5.41, 5.74) is 5.36. The lowest BCUT2D eigenvalue weighted by molar-refractivity contribution is -0.0574. The van der Waals surface area contributed by atoms with Crippen LogP contribution in [0, 0.1) is 18.8 Å². The first-order valence-electron chi connectivity index (χ1n) is 12.7. The van der Waals surface area contributed by atoms with Crippen molar-refractivity contribution in [1.82, 2.24) is 14.9 Å². The predicted octanol–water partition coefficient (Wildman–Crippen LogP) is 5.38. The molecule has 3 atom stereocenters. The maximum atomic E-state index is 11.5. The van der Waals surface area contributed by atoms with Crippen molar-refractivity contribution < 1.29 is 9.84 Å². The first kappa shape index (κ1) is 23.1. The Morgan fingerprint density at radius 3 is 2.71 bits per heavy atom. The smallest absolute Gasteiger partial charge is 0.144 e. The van der Waals surface area contributed by atoms with E-state index in [9.17, 15) is 5.11 Å². The number of aryl methyl sites for hydroxylation is 2. The average molecular weight is 460 g/mol. The number of hydrogen-bond donors (Lipinski definition) is 2. The van der Waals surface area contributed by atoms with Crippen LogP contribution in [0.4, 0.5) is 0 Å². The number of aromatic nitrogens is 2. The second kappa shape index (κ2) is 9.55. The van der Waals surface area contributed by atoms with Crippen molar-refractivity contribution in [2.75, 3.05) is 27.2 Å². The summed E-state index contributed by atoms with van der Waals surface area (Å²) in [6, 6.07) is 14.8. The van der Waals surface area contributed by atoms with Gasteiger partial charge in [-0.3, -0.25) is 0 Å². The van der Waals surface area contributed by atoms with Crippen LogP contribution in [0.5, 0.6) is 5.75 Å². The highest BCUT2D eigenvalue weighted by Crippen LogP contribution is 2.51. The highest BCUT2D eigenvalue weighted by atomic mass is 16.5. The van der Waals surface area contributed by atoms with E-state index in [2.05, 4.69) is 66.3 Å². The molecule has 0 saturated heterocycles. The molecule has 1 fully saturated rings. The molecule has 0 spiro atoms. The zero-order chi connectivity index (χ0) is 23.7. The van der Waals surface area contributed by atoms with E-state index in [1.54, 1.807) is 7.11 Å². The third-order valence-electron chi connectivity index (χ3n) is 8.00. The minimum Gasteiger partial charge on any atom is -0.494 e. The van der Waals surface area contributed by atoms with E-state index < -0.39 is 5.60 Å². The highest BCUT2D eigenvalue weighted by molar-refractivity contribution is 5.84. The third-order valence-corrected chi connectivity index (χ3v) is 8.00. The molecule has 1 heterocycles. The third kappa shape index (κ3) is 4.51. The number of methoxy groups -OCH3 is 1. The van der Waals surface area contributed by atoms with Crippen molar-refractivity contribution in [3.05, 3.63) is 65.5 Å². The van der Waals surface area contributed by atoms with Crippen LogP contribution < -0.4 is 4.74 Å². The normalized spacial score (nSPS) is 24.1. The van der Waals surface area contributed by atoms with E-state index >= 15 is 0 Å². The number of aromatic amines is 1. The molecule has 5 nitrogen and oxygen atoms in total. The number of nitrogens with one attached hydrogen (secondary N) is 1. The standard InChI is InChI=1S/C29H37N3O2/c1-20-11-14-25(34-3)28-27(20)30-26(31-28)10-7-16-32(2)17-15-29(33)19-22-12-13-23(29)18-24(22)21-8-5-4-6-9-21/h4-6,8-9,11,14,18,22-23,33H,7,10,12-13,15-17,19H2,1-3H3,(H,30,31)/t22-,23-,29+/m1/s1. The molecule has 3 aliphatic carbocycles. The summed E-state index contributed by atoms with van der Waals surface area (Å²) >= 11 is 0. The van der Waals surface area contributed by atoms with Crippen LogP contribution in [0.15, 0.2) is 48.5 Å². The van der Waals surface area contributed by atoms with Gasteiger partial charge in [-0.15, -0.1) is 0 Å². The maximum Gasteiger partial charge on any atom is 0.144 e. The van der Waals surface area contributed by atoms with Gasteiger partial charge in [-0.25, -0.2) is 4.98 Å². The van der Waals surface area contributed by atoms with Crippen molar-refractivity contribution in [1.29, 1.82) is 0 Å². The summed E-state index contributed by atoms with van der Waals surface area (Å²) in [5, 5.41) is 11.5. The van der Waals surface area contributed by atoms with Crippen LogP contribution >= 0.6 is 0 Å². The molecule has 3 aromatic rings. The van der Waals surface area contributed by atoms with Crippen LogP contribution in [0.1, 0.15) is 49.1 Å². The van der Waals surface area contributed by atoms with Gasteiger partial charge in [0.15, 0.2) is 0 Å². The Morgan fingerprint density at radius 2 is 1.97 bits per heavy atom. The summed E-state index contributed by atoms with van der Waals surface area (Å²) in [5.74, 6) is 2.61. The second-order valence-corrected chi connectivity index (χ2v) is 10.3. The van der Waals surface area contributed by atoms with Gasteiger partial charge in [0.25, 0.3) is 0 Å². The van der Waals surface area contributed by atoms with Crippen molar-refractivity contribution >= 4 is 16.6 Å². The van der Waals surface area contributed by atoms with Gasteiger partial charge in [-0.05, 0) is 81.3 Å². The molecular weight excluding hydrogens is 422 g/mol. The second-order valence-electron chi connectivity index (χ2n) is 10.3. The van der Waals surface area contributed by atoms with Gasteiger partial charge in [0.05, 0.1) is 18.2 Å². The number of imidazole rings is 1. The number of fused-ring (bicyclic) bond motifs is 3. The van der Waals surface area contributed by atoms with Gasteiger partial charge in [0.1, 0.15) is 17.1 Å². The molecule has 0 unspecified atom stereocenters. The lowest BCUT2D eigenvalue weighted by Crippen LogP contribution is -2.48. The number of allylic oxidation sites excluding steroid dienone is 1. The number of ether oxygens (including phenoxy) is 1. The molecule has 0 aliphatic heterocycles. The molecule has 2 aromatic carbocycles. The van der Waals surface area contributed by atoms with E-state index in [0.717, 1.165) is 73.4 Å². The zero-order valence-electron chi connectivity index (χ0n) is 20.7. The van der Waals surface area contributed by atoms with Gasteiger partial charge in [-0.1, -0.05) is 42.5 Å². The Balaban J connectivity index is 1.14.